The highest BCUT2D eigenvalue weighted by Gasteiger charge is 2.40. The molecule has 27 heavy (non-hydrogen) atoms. The molecule has 1 amide bonds. The molecule has 0 saturated heterocycles. The van der Waals surface area contributed by atoms with E-state index in [9.17, 15) is 9.59 Å². The van der Waals surface area contributed by atoms with E-state index in [1.54, 1.807) is 30.1 Å². The predicted octanol–water partition coefficient (Wildman–Crippen LogP) is 4.92. The maximum Gasteiger partial charge on any atom is 0.290 e. The Morgan fingerprint density at radius 2 is 1.70 bits per heavy atom. The summed E-state index contributed by atoms with van der Waals surface area (Å²) < 4.78 is 5.80. The Morgan fingerprint density at radius 1 is 1.04 bits per heavy atom. The molecule has 4 nitrogen and oxygen atoms in total. The van der Waals surface area contributed by atoms with Gasteiger partial charge < -0.3 is 9.32 Å². The van der Waals surface area contributed by atoms with Crippen molar-refractivity contribution in [3.63, 3.8) is 0 Å². The highest BCUT2D eigenvalue weighted by atomic mass is 35.5. The number of hydrogen-bond acceptors (Lipinski definition) is 3. The van der Waals surface area contributed by atoms with E-state index in [-0.39, 0.29) is 22.5 Å². The molecule has 1 aliphatic rings. The number of hydrogen-bond donors (Lipinski definition) is 0. The summed E-state index contributed by atoms with van der Waals surface area (Å²) in [5.74, 6) is -0.175. The smallest absolute Gasteiger partial charge is 0.290 e. The molecule has 0 unspecified atom stereocenters. The van der Waals surface area contributed by atoms with E-state index in [4.69, 9.17) is 16.0 Å². The number of carbonyl (C=O) groups excluding carboxylic acids is 1. The zero-order chi connectivity index (χ0) is 19.5. The topological polar surface area (TPSA) is 50.5 Å². The summed E-state index contributed by atoms with van der Waals surface area (Å²) in [6.07, 6.45) is 0. The van der Waals surface area contributed by atoms with Gasteiger partial charge in [-0.25, -0.2) is 0 Å². The van der Waals surface area contributed by atoms with E-state index in [2.05, 4.69) is 20.8 Å². The van der Waals surface area contributed by atoms with Gasteiger partial charge in [0.2, 0.25) is 5.76 Å². The van der Waals surface area contributed by atoms with Crippen molar-refractivity contribution in [3.05, 3.63) is 80.2 Å². The summed E-state index contributed by atoms with van der Waals surface area (Å²) in [4.78, 5) is 27.5. The first kappa shape index (κ1) is 17.8. The molecular weight excluding hydrogens is 362 g/mol. The third-order valence-electron chi connectivity index (χ3n) is 5.16. The van der Waals surface area contributed by atoms with Crippen LogP contribution in [0.2, 0.25) is 5.02 Å². The van der Waals surface area contributed by atoms with Gasteiger partial charge in [0.15, 0.2) is 5.43 Å². The van der Waals surface area contributed by atoms with Crippen molar-refractivity contribution < 1.29 is 9.21 Å². The number of benzene rings is 2. The number of amides is 1. The van der Waals surface area contributed by atoms with Gasteiger partial charge in [0.1, 0.15) is 5.58 Å². The first-order valence-electron chi connectivity index (χ1n) is 8.82. The van der Waals surface area contributed by atoms with Gasteiger partial charge in [-0.2, -0.15) is 0 Å². The first-order valence-corrected chi connectivity index (χ1v) is 9.20. The van der Waals surface area contributed by atoms with Crippen LogP contribution >= 0.6 is 11.6 Å². The van der Waals surface area contributed by atoms with Crippen molar-refractivity contribution in [2.45, 2.75) is 32.2 Å². The number of halogens is 1. The molecule has 0 aliphatic carbocycles. The summed E-state index contributed by atoms with van der Waals surface area (Å²) >= 11 is 6.05. The zero-order valence-electron chi connectivity index (χ0n) is 15.7. The largest absolute Gasteiger partial charge is 0.450 e. The van der Waals surface area contributed by atoms with Crippen LogP contribution in [-0.2, 0) is 5.41 Å². The number of nitrogens with zero attached hydrogens (tertiary/aromatic N) is 1. The van der Waals surface area contributed by atoms with E-state index < -0.39 is 6.04 Å². The van der Waals surface area contributed by atoms with E-state index in [0.29, 0.717) is 21.6 Å². The van der Waals surface area contributed by atoms with E-state index in [1.165, 1.54) is 5.56 Å². The van der Waals surface area contributed by atoms with Crippen LogP contribution in [0.15, 0.2) is 51.7 Å². The van der Waals surface area contributed by atoms with E-state index in [1.807, 2.05) is 24.3 Å². The van der Waals surface area contributed by atoms with Crippen molar-refractivity contribution in [2.24, 2.45) is 0 Å². The SMILES string of the molecule is CN1C(=O)c2oc3ccc(Cl)cc3c(=O)c2[C@@H]1c1ccc(C(C)(C)C)cc1. The maximum atomic E-state index is 13.2. The standard InChI is InChI=1S/C22H20ClNO3/c1-22(2,3)13-7-5-12(6-8-13)18-17-19(25)15-11-14(23)9-10-16(15)27-20(17)21(26)24(18)4/h5-11,18H,1-4H3/t18-/m0/s1. The Kier molecular flexibility index (Phi) is 3.93. The molecule has 138 valence electrons. The number of rotatable bonds is 1. The Hall–Kier alpha value is -2.59. The predicted molar refractivity (Wildman–Crippen MR) is 107 cm³/mol. The van der Waals surface area contributed by atoms with Gasteiger partial charge in [-0.05, 0) is 34.7 Å². The third-order valence-corrected chi connectivity index (χ3v) is 5.39. The van der Waals surface area contributed by atoms with Crippen LogP contribution < -0.4 is 5.43 Å². The number of fused-ring (bicyclic) bond motifs is 2. The molecule has 0 bridgehead atoms. The quantitative estimate of drug-likeness (QED) is 0.601. The van der Waals surface area contributed by atoms with E-state index in [0.717, 1.165) is 5.56 Å². The molecule has 0 radical (unpaired) electrons. The molecule has 0 spiro atoms. The second-order valence-electron chi connectivity index (χ2n) is 8.01. The average Bonchev–Trinajstić information content (AvgIpc) is 2.87. The molecule has 0 fully saturated rings. The lowest BCUT2D eigenvalue weighted by Crippen LogP contribution is -2.25. The molecule has 2 heterocycles. The van der Waals surface area contributed by atoms with Gasteiger partial charge in [0, 0.05) is 12.1 Å². The van der Waals surface area contributed by atoms with Gasteiger partial charge in [-0.1, -0.05) is 56.6 Å². The molecular formula is C22H20ClNO3. The van der Waals surface area contributed by atoms with Gasteiger partial charge in [-0.3, -0.25) is 9.59 Å². The van der Waals surface area contributed by atoms with Gasteiger partial charge >= 0.3 is 0 Å². The van der Waals surface area contributed by atoms with Gasteiger partial charge in [0.05, 0.1) is 17.0 Å². The van der Waals surface area contributed by atoms with Crippen LogP contribution in [0, 0.1) is 0 Å². The summed E-state index contributed by atoms with van der Waals surface area (Å²) in [5.41, 5.74) is 2.63. The molecule has 5 heteroatoms. The summed E-state index contributed by atoms with van der Waals surface area (Å²) in [6, 6.07) is 12.4. The van der Waals surface area contributed by atoms with Crippen LogP contribution in [0.25, 0.3) is 11.0 Å². The molecule has 4 rings (SSSR count). The fraction of sp³-hybridized carbons (Fsp3) is 0.273. The van der Waals surface area contributed by atoms with Gasteiger partial charge in [-0.15, -0.1) is 0 Å². The monoisotopic (exact) mass is 381 g/mol. The Bertz CT molecular complexity index is 1120. The van der Waals surface area contributed by atoms with Crippen LogP contribution in [0.3, 0.4) is 0 Å². The average molecular weight is 382 g/mol. The minimum absolute atomic E-state index is 0.0276. The molecule has 0 N–H and O–H groups in total. The second-order valence-corrected chi connectivity index (χ2v) is 8.44. The summed E-state index contributed by atoms with van der Waals surface area (Å²) in [5, 5.41) is 0.846. The van der Waals surface area contributed by atoms with Crippen LogP contribution in [0.5, 0.6) is 0 Å². The van der Waals surface area contributed by atoms with Crippen molar-refractivity contribution in [2.75, 3.05) is 7.05 Å². The fourth-order valence-corrected chi connectivity index (χ4v) is 3.79. The molecule has 3 aromatic rings. The first-order chi connectivity index (χ1) is 12.7. The Morgan fingerprint density at radius 3 is 2.33 bits per heavy atom. The Labute approximate surface area is 162 Å². The zero-order valence-corrected chi connectivity index (χ0v) is 16.4. The minimum Gasteiger partial charge on any atom is -0.450 e. The summed E-state index contributed by atoms with van der Waals surface area (Å²) in [7, 11) is 1.69. The van der Waals surface area contributed by atoms with Crippen molar-refractivity contribution in [1.29, 1.82) is 0 Å². The molecule has 1 aliphatic heterocycles. The lowest BCUT2D eigenvalue weighted by molar-refractivity contribution is 0.0771. The van der Waals surface area contributed by atoms with Crippen LogP contribution in [0.4, 0.5) is 0 Å². The van der Waals surface area contributed by atoms with Crippen LogP contribution in [-0.4, -0.2) is 17.9 Å². The third kappa shape index (κ3) is 2.76. The maximum absolute atomic E-state index is 13.2. The fourth-order valence-electron chi connectivity index (χ4n) is 3.62. The number of carbonyl (C=O) groups is 1. The molecule has 0 saturated carbocycles. The highest BCUT2D eigenvalue weighted by molar-refractivity contribution is 6.31. The normalized spacial score (nSPS) is 16.9. The van der Waals surface area contributed by atoms with Crippen LogP contribution in [0.1, 0.15) is 54.1 Å². The Balaban J connectivity index is 1.92. The van der Waals surface area contributed by atoms with E-state index >= 15 is 0 Å². The molecule has 1 atom stereocenters. The highest BCUT2D eigenvalue weighted by Crippen LogP contribution is 2.37. The van der Waals surface area contributed by atoms with Crippen molar-refractivity contribution >= 4 is 28.5 Å². The molecule has 2 aromatic carbocycles. The molecule has 1 aromatic heterocycles. The second kappa shape index (κ2) is 5.96. The van der Waals surface area contributed by atoms with Gasteiger partial charge in [0.25, 0.3) is 5.91 Å². The van der Waals surface area contributed by atoms with Crippen molar-refractivity contribution in [3.8, 4) is 0 Å². The minimum atomic E-state index is -0.471. The lowest BCUT2D eigenvalue weighted by atomic mass is 9.86. The lowest BCUT2D eigenvalue weighted by Gasteiger charge is -2.23. The van der Waals surface area contributed by atoms with Crippen molar-refractivity contribution in [1.82, 2.24) is 4.90 Å². The summed E-state index contributed by atoms with van der Waals surface area (Å²) in [6.45, 7) is 6.44.